The van der Waals surface area contributed by atoms with Gasteiger partial charge in [-0.15, -0.1) is 10.2 Å². The number of anilines is 1. The monoisotopic (exact) mass is 455 g/mol. The molecule has 3 aromatic rings. The zero-order valence-corrected chi connectivity index (χ0v) is 19.4. The fourth-order valence-electron chi connectivity index (χ4n) is 3.87. The second-order valence-electron chi connectivity index (χ2n) is 7.73. The van der Waals surface area contributed by atoms with Gasteiger partial charge in [-0.2, -0.15) is 0 Å². The van der Waals surface area contributed by atoms with Crippen molar-refractivity contribution in [3.05, 3.63) is 47.8 Å². The van der Waals surface area contributed by atoms with Gasteiger partial charge in [0.25, 0.3) is 5.91 Å². The minimum Gasteiger partial charge on any atom is -0.493 e. The molecule has 0 bridgehead atoms. The van der Waals surface area contributed by atoms with Gasteiger partial charge in [0.05, 0.1) is 14.2 Å². The standard InChI is InChI=1S/C23H29N5O3S/c1-30-19-10-9-17(16-20(19)31-2)11-12-24-21(29)18-8-7-15-28(18)23-26-25-22(32-23)27-13-5-3-4-6-14-27/h7-10,15-16H,3-6,11-14H2,1-2H3,(H,24,29). The lowest BCUT2D eigenvalue weighted by Crippen LogP contribution is -2.27. The van der Waals surface area contributed by atoms with Crippen molar-refractivity contribution in [2.45, 2.75) is 32.1 Å². The fraction of sp³-hybridized carbons (Fsp3) is 0.435. The summed E-state index contributed by atoms with van der Waals surface area (Å²) in [5, 5.41) is 13.4. The van der Waals surface area contributed by atoms with Crippen LogP contribution in [0.1, 0.15) is 41.7 Å². The smallest absolute Gasteiger partial charge is 0.268 e. The number of rotatable bonds is 8. The van der Waals surface area contributed by atoms with Gasteiger partial charge in [-0.05, 0) is 49.1 Å². The van der Waals surface area contributed by atoms with Crippen LogP contribution in [0.15, 0.2) is 36.5 Å². The topological polar surface area (TPSA) is 81.5 Å². The quantitative estimate of drug-likeness (QED) is 0.558. The number of benzene rings is 1. The molecule has 4 rings (SSSR count). The average Bonchev–Trinajstić information content (AvgIpc) is 3.42. The molecule has 1 aromatic carbocycles. The Morgan fingerprint density at radius 3 is 2.53 bits per heavy atom. The highest BCUT2D eigenvalue weighted by Gasteiger charge is 2.18. The summed E-state index contributed by atoms with van der Waals surface area (Å²) in [6.45, 7) is 2.54. The molecule has 0 unspecified atom stereocenters. The fourth-order valence-corrected chi connectivity index (χ4v) is 4.77. The lowest BCUT2D eigenvalue weighted by molar-refractivity contribution is 0.0947. The number of hydrogen-bond donors (Lipinski definition) is 1. The molecule has 1 fully saturated rings. The van der Waals surface area contributed by atoms with E-state index < -0.39 is 0 Å². The van der Waals surface area contributed by atoms with Gasteiger partial charge < -0.3 is 19.7 Å². The van der Waals surface area contributed by atoms with E-state index in [1.165, 1.54) is 37.0 Å². The second-order valence-corrected chi connectivity index (χ2v) is 8.66. The number of aromatic nitrogens is 3. The summed E-state index contributed by atoms with van der Waals surface area (Å²) in [5.74, 6) is 1.23. The van der Waals surface area contributed by atoms with Crippen molar-refractivity contribution in [2.75, 3.05) is 38.8 Å². The molecule has 9 heteroatoms. The predicted molar refractivity (Wildman–Crippen MR) is 126 cm³/mol. The number of hydrogen-bond acceptors (Lipinski definition) is 7. The zero-order chi connectivity index (χ0) is 22.3. The summed E-state index contributed by atoms with van der Waals surface area (Å²) in [5.41, 5.74) is 1.61. The first-order chi connectivity index (χ1) is 15.7. The van der Waals surface area contributed by atoms with Crippen LogP contribution in [0.3, 0.4) is 0 Å². The van der Waals surface area contributed by atoms with Crippen LogP contribution < -0.4 is 19.7 Å². The Labute approximate surface area is 192 Å². The summed E-state index contributed by atoms with van der Waals surface area (Å²) in [4.78, 5) is 15.1. The van der Waals surface area contributed by atoms with Crippen LogP contribution in [0.2, 0.25) is 0 Å². The maximum absolute atomic E-state index is 12.8. The van der Waals surface area contributed by atoms with E-state index in [2.05, 4.69) is 20.4 Å². The lowest BCUT2D eigenvalue weighted by Gasteiger charge is -2.17. The van der Waals surface area contributed by atoms with E-state index in [4.69, 9.17) is 9.47 Å². The lowest BCUT2D eigenvalue weighted by atomic mass is 10.1. The van der Waals surface area contributed by atoms with Crippen LogP contribution in [-0.4, -0.2) is 54.5 Å². The van der Waals surface area contributed by atoms with E-state index >= 15 is 0 Å². The van der Waals surface area contributed by atoms with Crippen molar-refractivity contribution in [2.24, 2.45) is 0 Å². The summed E-state index contributed by atoms with van der Waals surface area (Å²) >= 11 is 1.53. The number of methoxy groups -OCH3 is 2. The van der Waals surface area contributed by atoms with E-state index in [1.54, 1.807) is 20.3 Å². The summed E-state index contributed by atoms with van der Waals surface area (Å²) in [7, 11) is 3.23. The van der Waals surface area contributed by atoms with E-state index in [0.29, 0.717) is 35.3 Å². The Hall–Kier alpha value is -3.07. The first-order valence-electron chi connectivity index (χ1n) is 10.9. The normalized spacial score (nSPS) is 14.1. The molecule has 1 aliphatic heterocycles. The maximum atomic E-state index is 12.8. The zero-order valence-electron chi connectivity index (χ0n) is 18.5. The van der Waals surface area contributed by atoms with Gasteiger partial charge in [0.1, 0.15) is 5.69 Å². The third kappa shape index (κ3) is 5.04. The van der Waals surface area contributed by atoms with Gasteiger partial charge in [0.2, 0.25) is 10.3 Å². The summed E-state index contributed by atoms with van der Waals surface area (Å²) < 4.78 is 12.4. The van der Waals surface area contributed by atoms with Gasteiger partial charge >= 0.3 is 0 Å². The van der Waals surface area contributed by atoms with Crippen molar-refractivity contribution in [3.63, 3.8) is 0 Å². The Morgan fingerprint density at radius 2 is 1.78 bits per heavy atom. The molecule has 0 atom stereocenters. The first-order valence-corrected chi connectivity index (χ1v) is 11.8. The number of nitrogens with zero attached hydrogens (tertiary/aromatic N) is 4. The maximum Gasteiger partial charge on any atom is 0.268 e. The van der Waals surface area contributed by atoms with Crippen LogP contribution in [0.5, 0.6) is 11.5 Å². The average molecular weight is 456 g/mol. The molecule has 1 aliphatic rings. The van der Waals surface area contributed by atoms with Crippen LogP contribution in [0.25, 0.3) is 5.13 Å². The van der Waals surface area contributed by atoms with Crippen molar-refractivity contribution in [3.8, 4) is 16.6 Å². The summed E-state index contributed by atoms with van der Waals surface area (Å²) in [6.07, 6.45) is 7.46. The van der Waals surface area contributed by atoms with Crippen LogP contribution in [0.4, 0.5) is 5.13 Å². The van der Waals surface area contributed by atoms with Crippen LogP contribution in [-0.2, 0) is 6.42 Å². The molecule has 0 radical (unpaired) electrons. The van der Waals surface area contributed by atoms with E-state index in [-0.39, 0.29) is 5.91 Å². The number of ether oxygens (including phenoxy) is 2. The third-order valence-corrected chi connectivity index (χ3v) is 6.60. The highest BCUT2D eigenvalue weighted by atomic mass is 32.1. The molecule has 1 amide bonds. The highest BCUT2D eigenvalue weighted by molar-refractivity contribution is 7.17. The number of carbonyl (C=O) groups excluding carboxylic acids is 1. The molecule has 1 saturated heterocycles. The molecular formula is C23H29N5O3S. The molecule has 32 heavy (non-hydrogen) atoms. The molecule has 2 aromatic heterocycles. The van der Waals surface area contributed by atoms with Gasteiger partial charge in [-0.25, -0.2) is 0 Å². The van der Waals surface area contributed by atoms with Gasteiger partial charge in [-0.1, -0.05) is 30.2 Å². The van der Waals surface area contributed by atoms with E-state index in [9.17, 15) is 4.79 Å². The minimum atomic E-state index is -0.137. The van der Waals surface area contributed by atoms with Gasteiger partial charge in [0.15, 0.2) is 11.5 Å². The third-order valence-electron chi connectivity index (χ3n) is 5.61. The van der Waals surface area contributed by atoms with Crippen molar-refractivity contribution < 1.29 is 14.3 Å². The molecule has 1 N–H and O–H groups in total. The summed E-state index contributed by atoms with van der Waals surface area (Å²) in [6, 6.07) is 9.44. The molecule has 0 aliphatic carbocycles. The molecular weight excluding hydrogens is 426 g/mol. The van der Waals surface area contributed by atoms with Gasteiger partial charge in [0, 0.05) is 25.8 Å². The molecule has 8 nitrogen and oxygen atoms in total. The minimum absolute atomic E-state index is 0.137. The Morgan fingerprint density at radius 1 is 1.03 bits per heavy atom. The molecule has 170 valence electrons. The van der Waals surface area contributed by atoms with Crippen molar-refractivity contribution in [1.29, 1.82) is 0 Å². The second kappa shape index (κ2) is 10.5. The Balaban J connectivity index is 1.38. The number of amides is 1. The number of nitrogens with one attached hydrogen (secondary N) is 1. The Kier molecular flexibility index (Phi) is 7.26. The Bertz CT molecular complexity index is 1040. The first kappa shape index (κ1) is 22.1. The van der Waals surface area contributed by atoms with Crippen LogP contribution >= 0.6 is 11.3 Å². The van der Waals surface area contributed by atoms with E-state index in [0.717, 1.165) is 23.8 Å². The van der Waals surface area contributed by atoms with Crippen molar-refractivity contribution >= 4 is 22.4 Å². The number of carbonyl (C=O) groups is 1. The van der Waals surface area contributed by atoms with Crippen LogP contribution in [0, 0.1) is 0 Å². The molecule has 3 heterocycles. The largest absolute Gasteiger partial charge is 0.493 e. The van der Waals surface area contributed by atoms with Gasteiger partial charge in [-0.3, -0.25) is 9.36 Å². The SMILES string of the molecule is COc1ccc(CCNC(=O)c2cccn2-c2nnc(N3CCCCCC3)s2)cc1OC. The molecule has 0 saturated carbocycles. The molecule has 0 spiro atoms. The predicted octanol–water partition coefficient (Wildman–Crippen LogP) is 3.70. The van der Waals surface area contributed by atoms with E-state index in [1.807, 2.05) is 35.0 Å². The highest BCUT2D eigenvalue weighted by Crippen LogP contribution is 2.28. The van der Waals surface area contributed by atoms with Crippen molar-refractivity contribution in [1.82, 2.24) is 20.1 Å².